The molecule has 0 saturated heterocycles. The van der Waals surface area contributed by atoms with Crippen LogP contribution in [0.4, 0.5) is 5.69 Å². The zero-order valence-electron chi connectivity index (χ0n) is 9.98. The molecule has 0 atom stereocenters. The van der Waals surface area contributed by atoms with E-state index in [4.69, 9.17) is 5.73 Å². The number of anilines is 1. The fourth-order valence-corrected chi connectivity index (χ4v) is 3.00. The minimum Gasteiger partial charge on any atom is -0.399 e. The molecule has 92 valence electrons. The van der Waals surface area contributed by atoms with Gasteiger partial charge in [-0.2, -0.15) is 0 Å². The van der Waals surface area contributed by atoms with E-state index < -0.39 is 5.41 Å². The number of carbonyl (C=O) groups is 2. The molecule has 1 aromatic rings. The Balaban J connectivity index is 1.93. The molecule has 1 heterocycles. The average Bonchev–Trinajstić information content (AvgIpc) is 3.22. The lowest BCUT2D eigenvalue weighted by Crippen LogP contribution is -2.49. The number of nitrogens with two attached hydrogens (primary N) is 1. The fourth-order valence-electron chi connectivity index (χ4n) is 3.00. The molecule has 0 radical (unpaired) electrons. The number of amides is 2. The second-order valence-corrected chi connectivity index (χ2v) is 5.60. The van der Waals surface area contributed by atoms with Crippen molar-refractivity contribution in [3.8, 4) is 0 Å². The summed E-state index contributed by atoms with van der Waals surface area (Å²) in [5, 5.41) is 0. The Hall–Kier alpha value is -1.84. The fraction of sp³-hybridized carbons (Fsp3) is 0.429. The van der Waals surface area contributed by atoms with Gasteiger partial charge in [-0.05, 0) is 43.4 Å². The van der Waals surface area contributed by atoms with Crippen molar-refractivity contribution in [2.24, 2.45) is 0 Å². The van der Waals surface area contributed by atoms with Crippen molar-refractivity contribution in [3.63, 3.8) is 0 Å². The van der Waals surface area contributed by atoms with Crippen molar-refractivity contribution >= 4 is 17.5 Å². The zero-order valence-corrected chi connectivity index (χ0v) is 9.98. The first kappa shape index (κ1) is 10.1. The summed E-state index contributed by atoms with van der Waals surface area (Å²) in [6.07, 6.45) is 3.62. The molecule has 0 bridgehead atoms. The standard InChI is InChI=1S/C14H14N2O2/c15-8-1-4-11-10(7-8)12(17)16(9-2-3-9)13(18)14(11)5-6-14/h1,4,7,9H,2-3,5-6,15H2. The van der Waals surface area contributed by atoms with E-state index in [1.165, 1.54) is 4.90 Å². The SMILES string of the molecule is Nc1ccc2c(c1)C(=O)N(C1CC1)C(=O)C21CC1. The summed E-state index contributed by atoms with van der Waals surface area (Å²) in [6.45, 7) is 0. The molecule has 4 heteroatoms. The Morgan fingerprint density at radius 1 is 1.22 bits per heavy atom. The first-order chi connectivity index (χ1) is 8.63. The van der Waals surface area contributed by atoms with Gasteiger partial charge >= 0.3 is 0 Å². The molecular formula is C14H14N2O2. The molecule has 1 aliphatic heterocycles. The minimum atomic E-state index is -0.403. The highest BCUT2D eigenvalue weighted by molar-refractivity contribution is 6.15. The van der Waals surface area contributed by atoms with Crippen molar-refractivity contribution in [2.45, 2.75) is 37.1 Å². The van der Waals surface area contributed by atoms with Gasteiger partial charge in [-0.3, -0.25) is 14.5 Å². The maximum atomic E-state index is 12.5. The zero-order chi connectivity index (χ0) is 12.5. The number of nitrogen functional groups attached to an aromatic ring is 1. The van der Waals surface area contributed by atoms with Gasteiger partial charge in [0.05, 0.1) is 5.41 Å². The molecule has 2 N–H and O–H groups in total. The van der Waals surface area contributed by atoms with Crippen molar-refractivity contribution in [2.75, 3.05) is 5.73 Å². The number of hydrogen-bond donors (Lipinski definition) is 1. The third-order valence-electron chi connectivity index (χ3n) is 4.30. The monoisotopic (exact) mass is 242 g/mol. The number of carbonyl (C=O) groups excluding carboxylic acids is 2. The van der Waals surface area contributed by atoms with E-state index in [2.05, 4.69) is 0 Å². The second-order valence-electron chi connectivity index (χ2n) is 5.60. The molecule has 2 amide bonds. The van der Waals surface area contributed by atoms with Gasteiger partial charge in [-0.15, -0.1) is 0 Å². The first-order valence-corrected chi connectivity index (χ1v) is 6.41. The molecule has 3 aliphatic rings. The van der Waals surface area contributed by atoms with Crippen LogP contribution in [0.3, 0.4) is 0 Å². The van der Waals surface area contributed by atoms with E-state index >= 15 is 0 Å². The Labute approximate surface area is 105 Å². The average molecular weight is 242 g/mol. The molecule has 2 saturated carbocycles. The van der Waals surface area contributed by atoms with Crippen LogP contribution in [0.25, 0.3) is 0 Å². The Morgan fingerprint density at radius 3 is 2.56 bits per heavy atom. The molecule has 4 rings (SSSR count). The summed E-state index contributed by atoms with van der Waals surface area (Å²) in [4.78, 5) is 26.4. The van der Waals surface area contributed by atoms with Gasteiger partial charge in [0.25, 0.3) is 5.91 Å². The van der Waals surface area contributed by atoms with Gasteiger partial charge in [-0.25, -0.2) is 0 Å². The van der Waals surface area contributed by atoms with Crippen LogP contribution in [0.2, 0.25) is 0 Å². The molecule has 18 heavy (non-hydrogen) atoms. The number of hydrogen-bond acceptors (Lipinski definition) is 3. The molecule has 2 aliphatic carbocycles. The lowest BCUT2D eigenvalue weighted by atomic mass is 9.85. The Bertz CT molecular complexity index is 585. The van der Waals surface area contributed by atoms with Crippen molar-refractivity contribution in [1.82, 2.24) is 4.90 Å². The summed E-state index contributed by atoms with van der Waals surface area (Å²) in [7, 11) is 0. The van der Waals surface area contributed by atoms with E-state index in [-0.39, 0.29) is 17.9 Å². The topological polar surface area (TPSA) is 63.4 Å². The maximum Gasteiger partial charge on any atom is 0.261 e. The van der Waals surface area contributed by atoms with Crippen LogP contribution in [0.1, 0.15) is 41.6 Å². The summed E-state index contributed by atoms with van der Waals surface area (Å²) in [5.74, 6) is -0.130. The van der Waals surface area contributed by atoms with E-state index in [0.717, 1.165) is 31.2 Å². The highest BCUT2D eigenvalue weighted by Gasteiger charge is 2.60. The van der Waals surface area contributed by atoms with Gasteiger partial charge in [0.1, 0.15) is 0 Å². The van der Waals surface area contributed by atoms with Crippen molar-refractivity contribution in [3.05, 3.63) is 29.3 Å². The quantitative estimate of drug-likeness (QED) is 0.598. The highest BCUT2D eigenvalue weighted by Crippen LogP contribution is 2.54. The minimum absolute atomic E-state index is 0.0206. The van der Waals surface area contributed by atoms with Gasteiger partial charge in [0.15, 0.2) is 0 Å². The highest BCUT2D eigenvalue weighted by atomic mass is 16.2. The van der Waals surface area contributed by atoms with Crippen molar-refractivity contribution in [1.29, 1.82) is 0 Å². The van der Waals surface area contributed by atoms with Gasteiger partial charge in [-0.1, -0.05) is 6.07 Å². The number of benzene rings is 1. The Kier molecular flexibility index (Phi) is 1.65. The van der Waals surface area contributed by atoms with Crippen LogP contribution >= 0.6 is 0 Å². The van der Waals surface area contributed by atoms with Crippen LogP contribution in [0.5, 0.6) is 0 Å². The van der Waals surface area contributed by atoms with Gasteiger partial charge in [0.2, 0.25) is 5.91 Å². The number of imide groups is 1. The summed E-state index contributed by atoms with van der Waals surface area (Å²) < 4.78 is 0. The lowest BCUT2D eigenvalue weighted by Gasteiger charge is -2.33. The third-order valence-corrected chi connectivity index (χ3v) is 4.30. The van der Waals surface area contributed by atoms with E-state index in [1.54, 1.807) is 12.1 Å². The number of nitrogens with zero attached hydrogens (tertiary/aromatic N) is 1. The molecule has 0 unspecified atom stereocenters. The second kappa shape index (κ2) is 2.94. The molecule has 4 nitrogen and oxygen atoms in total. The molecular weight excluding hydrogens is 228 g/mol. The van der Waals surface area contributed by atoms with Crippen LogP contribution in [0.15, 0.2) is 18.2 Å². The third kappa shape index (κ3) is 1.10. The largest absolute Gasteiger partial charge is 0.399 e. The normalized spacial score (nSPS) is 24.3. The number of rotatable bonds is 1. The van der Waals surface area contributed by atoms with E-state index in [9.17, 15) is 9.59 Å². The van der Waals surface area contributed by atoms with Crippen LogP contribution in [-0.4, -0.2) is 22.8 Å². The van der Waals surface area contributed by atoms with Crippen LogP contribution in [0, 0.1) is 0 Å². The Morgan fingerprint density at radius 2 is 1.94 bits per heavy atom. The first-order valence-electron chi connectivity index (χ1n) is 6.41. The summed E-state index contributed by atoms with van der Waals surface area (Å²) >= 11 is 0. The van der Waals surface area contributed by atoms with E-state index in [0.29, 0.717) is 11.3 Å². The van der Waals surface area contributed by atoms with Crippen LogP contribution in [-0.2, 0) is 10.2 Å². The summed E-state index contributed by atoms with van der Waals surface area (Å²) in [5.41, 5.74) is 7.48. The lowest BCUT2D eigenvalue weighted by molar-refractivity contribution is -0.132. The summed E-state index contributed by atoms with van der Waals surface area (Å²) in [6, 6.07) is 5.50. The van der Waals surface area contributed by atoms with E-state index in [1.807, 2.05) is 6.07 Å². The molecule has 1 spiro atoms. The van der Waals surface area contributed by atoms with Crippen molar-refractivity contribution < 1.29 is 9.59 Å². The van der Waals surface area contributed by atoms with Gasteiger partial charge < -0.3 is 5.73 Å². The van der Waals surface area contributed by atoms with Crippen LogP contribution < -0.4 is 5.73 Å². The molecule has 2 fully saturated rings. The predicted molar refractivity (Wildman–Crippen MR) is 66.0 cm³/mol. The van der Waals surface area contributed by atoms with Gasteiger partial charge in [0, 0.05) is 17.3 Å². The maximum absolute atomic E-state index is 12.5. The smallest absolute Gasteiger partial charge is 0.261 e. The predicted octanol–water partition coefficient (Wildman–Crippen LogP) is 1.45. The molecule has 1 aromatic carbocycles. The number of fused-ring (bicyclic) bond motifs is 2. The molecule has 0 aromatic heterocycles.